The zero-order valence-electron chi connectivity index (χ0n) is 13.8. The Balaban J connectivity index is 1.65. The Kier molecular flexibility index (Phi) is 4.31. The van der Waals surface area contributed by atoms with Crippen LogP contribution < -0.4 is 10.2 Å². The lowest BCUT2D eigenvalue weighted by atomic mass is 10.1. The van der Waals surface area contributed by atoms with Crippen LogP contribution in [0.3, 0.4) is 0 Å². The molecule has 1 saturated heterocycles. The number of nitrogens with zero attached hydrogens (tertiary/aromatic N) is 2. The highest BCUT2D eigenvalue weighted by Crippen LogP contribution is 2.27. The third kappa shape index (κ3) is 3.19. The number of anilines is 2. The van der Waals surface area contributed by atoms with Gasteiger partial charge in [0.2, 0.25) is 0 Å². The lowest BCUT2D eigenvalue weighted by Crippen LogP contribution is -2.36. The third-order valence-electron chi connectivity index (χ3n) is 4.39. The number of para-hydroxylation sites is 2. The van der Waals surface area contributed by atoms with Gasteiger partial charge in [-0.25, -0.2) is 0 Å². The summed E-state index contributed by atoms with van der Waals surface area (Å²) in [6, 6.07) is 17.3. The fourth-order valence-corrected chi connectivity index (χ4v) is 3.15. The van der Waals surface area contributed by atoms with Crippen molar-refractivity contribution in [3.05, 3.63) is 66.4 Å². The lowest BCUT2D eigenvalue weighted by Gasteiger charge is -2.30. The van der Waals surface area contributed by atoms with Gasteiger partial charge in [-0.2, -0.15) is 0 Å². The number of carbonyl (C=O) groups excluding carboxylic acids is 1. The van der Waals surface area contributed by atoms with Gasteiger partial charge in [0.05, 0.1) is 30.1 Å². The molecule has 5 heteroatoms. The third-order valence-corrected chi connectivity index (χ3v) is 4.39. The van der Waals surface area contributed by atoms with Crippen LogP contribution in [0.5, 0.6) is 0 Å². The fourth-order valence-electron chi connectivity index (χ4n) is 3.15. The second kappa shape index (κ2) is 6.91. The second-order valence-electron chi connectivity index (χ2n) is 5.95. The van der Waals surface area contributed by atoms with Gasteiger partial charge >= 0.3 is 0 Å². The molecule has 1 amide bonds. The van der Waals surface area contributed by atoms with E-state index in [9.17, 15) is 4.79 Å². The number of amides is 1. The Bertz CT molecular complexity index is 899. The van der Waals surface area contributed by atoms with E-state index in [1.807, 2.05) is 54.6 Å². The number of benzene rings is 2. The quantitative estimate of drug-likeness (QED) is 0.799. The first-order chi connectivity index (χ1) is 12.3. The number of hydrogen-bond donors (Lipinski definition) is 1. The summed E-state index contributed by atoms with van der Waals surface area (Å²) in [5.74, 6) is -0.126. The van der Waals surface area contributed by atoms with Crippen LogP contribution in [0, 0.1) is 0 Å². The van der Waals surface area contributed by atoms with Crippen LogP contribution in [0.1, 0.15) is 10.4 Å². The van der Waals surface area contributed by atoms with Crippen LogP contribution in [-0.2, 0) is 4.74 Å². The van der Waals surface area contributed by atoms with E-state index in [1.54, 1.807) is 6.20 Å². The molecule has 0 atom stereocenters. The Hall–Kier alpha value is -2.92. The molecule has 1 aromatic heterocycles. The average Bonchev–Trinajstić information content (AvgIpc) is 2.68. The zero-order valence-corrected chi connectivity index (χ0v) is 13.8. The second-order valence-corrected chi connectivity index (χ2v) is 5.95. The first-order valence-corrected chi connectivity index (χ1v) is 8.40. The van der Waals surface area contributed by atoms with E-state index in [-0.39, 0.29) is 5.91 Å². The number of pyridine rings is 1. The number of aromatic nitrogens is 1. The van der Waals surface area contributed by atoms with E-state index in [0.29, 0.717) is 18.8 Å². The van der Waals surface area contributed by atoms with Gasteiger partial charge in [-0.05, 0) is 30.3 Å². The van der Waals surface area contributed by atoms with Crippen molar-refractivity contribution in [2.45, 2.75) is 0 Å². The van der Waals surface area contributed by atoms with Gasteiger partial charge in [0, 0.05) is 30.2 Å². The maximum absolute atomic E-state index is 12.9. The molecule has 0 radical (unpaired) electrons. The molecule has 3 aromatic rings. The van der Waals surface area contributed by atoms with Crippen LogP contribution >= 0.6 is 0 Å². The van der Waals surface area contributed by atoms with Gasteiger partial charge in [0.25, 0.3) is 5.91 Å². The fraction of sp³-hybridized carbons (Fsp3) is 0.200. The molecule has 0 spiro atoms. The SMILES string of the molecule is O=C(Nc1ccccc1N1CCOCC1)c1cccc2ncccc12. The van der Waals surface area contributed by atoms with Crippen molar-refractivity contribution >= 4 is 28.2 Å². The number of fused-ring (bicyclic) bond motifs is 1. The highest BCUT2D eigenvalue weighted by atomic mass is 16.5. The van der Waals surface area contributed by atoms with E-state index in [0.717, 1.165) is 35.4 Å². The molecule has 1 aliphatic heterocycles. The van der Waals surface area contributed by atoms with Gasteiger partial charge in [-0.3, -0.25) is 9.78 Å². The van der Waals surface area contributed by atoms with E-state index >= 15 is 0 Å². The first kappa shape index (κ1) is 15.6. The Morgan fingerprint density at radius 2 is 1.84 bits per heavy atom. The van der Waals surface area contributed by atoms with Crippen molar-refractivity contribution < 1.29 is 9.53 Å². The molecule has 0 unspecified atom stereocenters. The maximum atomic E-state index is 12.9. The molecule has 1 N–H and O–H groups in total. The van der Waals surface area contributed by atoms with E-state index in [4.69, 9.17) is 4.74 Å². The minimum absolute atomic E-state index is 0.126. The Morgan fingerprint density at radius 3 is 2.72 bits per heavy atom. The smallest absolute Gasteiger partial charge is 0.256 e. The van der Waals surface area contributed by atoms with Crippen molar-refractivity contribution in [3.63, 3.8) is 0 Å². The van der Waals surface area contributed by atoms with Crippen LogP contribution in [0.15, 0.2) is 60.8 Å². The molecule has 0 aliphatic carbocycles. The highest BCUT2D eigenvalue weighted by molar-refractivity contribution is 6.13. The summed E-state index contributed by atoms with van der Waals surface area (Å²) in [4.78, 5) is 19.4. The summed E-state index contributed by atoms with van der Waals surface area (Å²) in [6.07, 6.45) is 1.73. The van der Waals surface area contributed by atoms with Gasteiger partial charge in [0.15, 0.2) is 0 Å². The minimum Gasteiger partial charge on any atom is -0.378 e. The molecular weight excluding hydrogens is 314 g/mol. The standard InChI is InChI=1S/C20H19N3O2/c24-20(16-5-3-8-17-15(16)6-4-10-21-17)22-18-7-1-2-9-19(18)23-11-13-25-14-12-23/h1-10H,11-14H2,(H,22,24). The van der Waals surface area contributed by atoms with Crippen molar-refractivity contribution in [2.24, 2.45) is 0 Å². The van der Waals surface area contributed by atoms with Crippen LogP contribution in [0.2, 0.25) is 0 Å². The molecule has 5 nitrogen and oxygen atoms in total. The first-order valence-electron chi connectivity index (χ1n) is 8.40. The number of ether oxygens (including phenoxy) is 1. The number of hydrogen-bond acceptors (Lipinski definition) is 4. The topological polar surface area (TPSA) is 54.5 Å². The van der Waals surface area contributed by atoms with Gasteiger partial charge in [-0.1, -0.05) is 24.3 Å². The molecular formula is C20H19N3O2. The highest BCUT2D eigenvalue weighted by Gasteiger charge is 2.17. The molecule has 2 aromatic carbocycles. The normalized spacial score (nSPS) is 14.5. The van der Waals surface area contributed by atoms with Gasteiger partial charge < -0.3 is 15.0 Å². The summed E-state index contributed by atoms with van der Waals surface area (Å²) in [5, 5.41) is 3.92. The summed E-state index contributed by atoms with van der Waals surface area (Å²) >= 11 is 0. The molecule has 2 heterocycles. The monoisotopic (exact) mass is 333 g/mol. The van der Waals surface area contributed by atoms with Crippen LogP contribution in [0.25, 0.3) is 10.9 Å². The number of rotatable bonds is 3. The van der Waals surface area contributed by atoms with Crippen molar-refractivity contribution in [1.82, 2.24) is 4.98 Å². The zero-order chi connectivity index (χ0) is 17.1. The molecule has 25 heavy (non-hydrogen) atoms. The molecule has 0 saturated carbocycles. The Morgan fingerprint density at radius 1 is 1.00 bits per heavy atom. The molecule has 0 bridgehead atoms. The minimum atomic E-state index is -0.126. The predicted octanol–water partition coefficient (Wildman–Crippen LogP) is 3.32. The molecule has 1 aliphatic rings. The average molecular weight is 333 g/mol. The largest absolute Gasteiger partial charge is 0.378 e. The van der Waals surface area contributed by atoms with Crippen molar-refractivity contribution in [2.75, 3.05) is 36.5 Å². The molecule has 4 rings (SSSR count). The van der Waals surface area contributed by atoms with Crippen LogP contribution in [0.4, 0.5) is 11.4 Å². The van der Waals surface area contributed by atoms with E-state index in [1.165, 1.54) is 0 Å². The number of nitrogens with one attached hydrogen (secondary N) is 1. The summed E-state index contributed by atoms with van der Waals surface area (Å²) in [7, 11) is 0. The summed E-state index contributed by atoms with van der Waals surface area (Å²) in [5.41, 5.74) is 3.28. The summed E-state index contributed by atoms with van der Waals surface area (Å²) < 4.78 is 5.42. The molecule has 126 valence electrons. The predicted molar refractivity (Wildman–Crippen MR) is 99.2 cm³/mol. The van der Waals surface area contributed by atoms with E-state index < -0.39 is 0 Å². The maximum Gasteiger partial charge on any atom is 0.256 e. The number of morpholine rings is 1. The van der Waals surface area contributed by atoms with Crippen LogP contribution in [-0.4, -0.2) is 37.2 Å². The van der Waals surface area contributed by atoms with Crippen molar-refractivity contribution in [3.8, 4) is 0 Å². The summed E-state index contributed by atoms with van der Waals surface area (Å²) in [6.45, 7) is 3.06. The Labute approximate surface area is 146 Å². The lowest BCUT2D eigenvalue weighted by molar-refractivity contribution is 0.102. The van der Waals surface area contributed by atoms with Gasteiger partial charge in [0.1, 0.15) is 0 Å². The van der Waals surface area contributed by atoms with Gasteiger partial charge in [-0.15, -0.1) is 0 Å². The van der Waals surface area contributed by atoms with E-state index in [2.05, 4.69) is 15.2 Å². The van der Waals surface area contributed by atoms with Crippen molar-refractivity contribution in [1.29, 1.82) is 0 Å². The number of carbonyl (C=O) groups is 1. The molecule has 1 fully saturated rings.